The smallest absolute Gasteiger partial charge is 0.331 e. The maximum absolute atomic E-state index is 11.8. The Bertz CT molecular complexity index is 387. The number of unbranched alkanes of at least 4 members (excludes halogenated alkanes) is 3. The summed E-state index contributed by atoms with van der Waals surface area (Å²) >= 11 is 0. The van der Waals surface area contributed by atoms with E-state index in [0.29, 0.717) is 5.92 Å². The Morgan fingerprint density at radius 2 is 1.64 bits per heavy atom. The lowest BCUT2D eigenvalue weighted by atomic mass is 9.91. The highest BCUT2D eigenvalue weighted by molar-refractivity contribution is 5.90. The Hall–Kier alpha value is -1.32. The molecule has 0 aliphatic heterocycles. The molecular formula is C21H38O4. The quantitative estimate of drug-likeness (QED) is 0.231. The number of hydrogen-bond acceptors (Lipinski definition) is 3. The van der Waals surface area contributed by atoms with Gasteiger partial charge in [0.2, 0.25) is 0 Å². The third kappa shape index (κ3) is 14.7. The Morgan fingerprint density at radius 3 is 2.20 bits per heavy atom. The molecule has 0 bridgehead atoms. The van der Waals surface area contributed by atoms with Gasteiger partial charge in [0.15, 0.2) is 0 Å². The van der Waals surface area contributed by atoms with E-state index in [1.165, 1.54) is 32.1 Å². The molecule has 0 aromatic heterocycles. The van der Waals surface area contributed by atoms with Crippen LogP contribution in [0.15, 0.2) is 12.2 Å². The molecule has 0 heterocycles. The van der Waals surface area contributed by atoms with E-state index in [9.17, 15) is 9.59 Å². The Balaban J connectivity index is 4.51. The van der Waals surface area contributed by atoms with Crippen LogP contribution in [0.5, 0.6) is 0 Å². The molecule has 146 valence electrons. The molecular weight excluding hydrogens is 316 g/mol. The van der Waals surface area contributed by atoms with Gasteiger partial charge >= 0.3 is 11.9 Å². The monoisotopic (exact) mass is 354 g/mol. The molecule has 0 aromatic rings. The summed E-state index contributed by atoms with van der Waals surface area (Å²) in [6.45, 7) is 8.85. The minimum atomic E-state index is -1.13. The maximum atomic E-state index is 11.8. The molecule has 0 aliphatic rings. The summed E-state index contributed by atoms with van der Waals surface area (Å²) < 4.78 is 5.55. The summed E-state index contributed by atoms with van der Waals surface area (Å²) in [6, 6.07) is 0. The average molecular weight is 355 g/mol. The molecule has 0 spiro atoms. The van der Waals surface area contributed by atoms with Gasteiger partial charge in [-0.25, -0.2) is 9.59 Å². The minimum Gasteiger partial charge on any atom is -0.478 e. The van der Waals surface area contributed by atoms with Crippen LogP contribution in [-0.2, 0) is 14.3 Å². The van der Waals surface area contributed by atoms with Crippen molar-refractivity contribution in [2.45, 2.75) is 98.0 Å². The van der Waals surface area contributed by atoms with Gasteiger partial charge in [-0.3, -0.25) is 0 Å². The molecule has 0 saturated heterocycles. The van der Waals surface area contributed by atoms with Gasteiger partial charge in [0.1, 0.15) is 6.10 Å². The number of hydrogen-bond donors (Lipinski definition) is 1. The molecule has 2 unspecified atom stereocenters. The lowest BCUT2D eigenvalue weighted by Crippen LogP contribution is -2.21. The van der Waals surface area contributed by atoms with Gasteiger partial charge in [0.25, 0.3) is 0 Å². The normalized spacial score (nSPS) is 14.0. The topological polar surface area (TPSA) is 63.6 Å². The van der Waals surface area contributed by atoms with Crippen molar-refractivity contribution in [3.63, 3.8) is 0 Å². The Labute approximate surface area is 154 Å². The van der Waals surface area contributed by atoms with Gasteiger partial charge in [0.05, 0.1) is 0 Å². The van der Waals surface area contributed by atoms with E-state index in [1.807, 2.05) is 0 Å². The fraction of sp³-hybridized carbons (Fsp3) is 0.810. The van der Waals surface area contributed by atoms with Crippen molar-refractivity contribution >= 4 is 11.9 Å². The second-order valence-electron chi connectivity index (χ2n) is 7.41. The zero-order valence-corrected chi connectivity index (χ0v) is 16.6. The van der Waals surface area contributed by atoms with Crippen LogP contribution in [0, 0.1) is 11.8 Å². The standard InChI is InChI=1S/C21H38O4/c1-5-7-12-18(6-2)16-19(13-10-8-9-11-17(3)4)25-21(24)15-14-20(22)23/h14-15,17-19H,5-13,16H2,1-4H3,(H,22,23). The van der Waals surface area contributed by atoms with Crippen LogP contribution >= 0.6 is 0 Å². The Morgan fingerprint density at radius 1 is 0.960 bits per heavy atom. The number of carbonyl (C=O) groups is 2. The van der Waals surface area contributed by atoms with Crippen molar-refractivity contribution in [1.29, 1.82) is 0 Å². The van der Waals surface area contributed by atoms with E-state index in [4.69, 9.17) is 9.84 Å². The van der Waals surface area contributed by atoms with Gasteiger partial charge in [-0.2, -0.15) is 0 Å². The van der Waals surface area contributed by atoms with Crippen molar-refractivity contribution in [3.05, 3.63) is 12.2 Å². The molecule has 4 heteroatoms. The molecule has 4 nitrogen and oxygen atoms in total. The van der Waals surface area contributed by atoms with Gasteiger partial charge in [0, 0.05) is 12.2 Å². The fourth-order valence-corrected chi connectivity index (χ4v) is 3.02. The highest BCUT2D eigenvalue weighted by Gasteiger charge is 2.18. The Kier molecular flexibility index (Phi) is 14.2. The van der Waals surface area contributed by atoms with Crippen LogP contribution in [-0.4, -0.2) is 23.1 Å². The first kappa shape index (κ1) is 23.7. The van der Waals surface area contributed by atoms with Gasteiger partial charge < -0.3 is 9.84 Å². The first-order chi connectivity index (χ1) is 11.9. The molecule has 1 N–H and O–H groups in total. The number of carbonyl (C=O) groups excluding carboxylic acids is 1. The first-order valence-corrected chi connectivity index (χ1v) is 10.0. The second-order valence-corrected chi connectivity index (χ2v) is 7.41. The summed E-state index contributed by atoms with van der Waals surface area (Å²) in [4.78, 5) is 22.4. The molecule has 0 fully saturated rings. The molecule has 0 saturated carbocycles. The number of carboxylic acids is 1. The molecule has 0 amide bonds. The average Bonchev–Trinajstić information content (AvgIpc) is 2.55. The van der Waals surface area contributed by atoms with E-state index in [-0.39, 0.29) is 6.10 Å². The molecule has 0 radical (unpaired) electrons. The largest absolute Gasteiger partial charge is 0.478 e. The summed E-state index contributed by atoms with van der Waals surface area (Å²) in [5.41, 5.74) is 0. The van der Waals surface area contributed by atoms with Gasteiger partial charge in [-0.1, -0.05) is 72.6 Å². The van der Waals surface area contributed by atoms with E-state index in [2.05, 4.69) is 27.7 Å². The first-order valence-electron chi connectivity index (χ1n) is 10.0. The number of rotatable bonds is 15. The van der Waals surface area contributed by atoms with Crippen molar-refractivity contribution in [1.82, 2.24) is 0 Å². The number of aliphatic carboxylic acids is 1. The molecule has 2 atom stereocenters. The van der Waals surface area contributed by atoms with Crippen LogP contribution in [0.2, 0.25) is 0 Å². The van der Waals surface area contributed by atoms with Crippen molar-refractivity contribution in [2.75, 3.05) is 0 Å². The number of ether oxygens (including phenoxy) is 1. The van der Waals surface area contributed by atoms with Gasteiger partial charge in [-0.15, -0.1) is 0 Å². The molecule has 0 aromatic carbocycles. The maximum Gasteiger partial charge on any atom is 0.331 e. The second kappa shape index (κ2) is 15.0. The minimum absolute atomic E-state index is 0.105. The summed E-state index contributed by atoms with van der Waals surface area (Å²) in [5.74, 6) is -0.373. The highest BCUT2D eigenvalue weighted by Crippen LogP contribution is 2.23. The van der Waals surface area contributed by atoms with Crippen LogP contribution in [0.25, 0.3) is 0 Å². The van der Waals surface area contributed by atoms with E-state index in [0.717, 1.165) is 50.2 Å². The highest BCUT2D eigenvalue weighted by atomic mass is 16.5. The predicted molar refractivity (Wildman–Crippen MR) is 103 cm³/mol. The van der Waals surface area contributed by atoms with E-state index in [1.54, 1.807) is 0 Å². The van der Waals surface area contributed by atoms with E-state index >= 15 is 0 Å². The van der Waals surface area contributed by atoms with Crippen LogP contribution in [0.3, 0.4) is 0 Å². The van der Waals surface area contributed by atoms with Crippen molar-refractivity contribution in [2.24, 2.45) is 11.8 Å². The SMILES string of the molecule is CCCCC(CC)CC(CCCCCC(C)C)OC(=O)C=CC(=O)O. The molecule has 0 aliphatic carbocycles. The summed E-state index contributed by atoms with van der Waals surface area (Å²) in [6.07, 6.45) is 12.8. The lowest BCUT2D eigenvalue weighted by molar-refractivity contribution is -0.144. The van der Waals surface area contributed by atoms with E-state index < -0.39 is 11.9 Å². The summed E-state index contributed by atoms with van der Waals surface area (Å²) in [5, 5.41) is 8.63. The third-order valence-corrected chi connectivity index (χ3v) is 4.59. The third-order valence-electron chi connectivity index (χ3n) is 4.59. The van der Waals surface area contributed by atoms with Crippen LogP contribution in [0.4, 0.5) is 0 Å². The van der Waals surface area contributed by atoms with Crippen molar-refractivity contribution in [3.8, 4) is 0 Å². The van der Waals surface area contributed by atoms with Crippen molar-refractivity contribution < 1.29 is 19.4 Å². The zero-order valence-electron chi connectivity index (χ0n) is 16.6. The molecule has 25 heavy (non-hydrogen) atoms. The fourth-order valence-electron chi connectivity index (χ4n) is 3.02. The predicted octanol–water partition coefficient (Wildman–Crippen LogP) is 5.75. The zero-order chi connectivity index (χ0) is 19.1. The molecule has 0 rings (SSSR count). The number of carboxylic acid groups (broad SMARTS) is 1. The van der Waals surface area contributed by atoms with Crippen LogP contribution in [0.1, 0.15) is 91.9 Å². The lowest BCUT2D eigenvalue weighted by Gasteiger charge is -2.23. The summed E-state index contributed by atoms with van der Waals surface area (Å²) in [7, 11) is 0. The van der Waals surface area contributed by atoms with Gasteiger partial charge in [-0.05, 0) is 31.1 Å². The van der Waals surface area contributed by atoms with Crippen LogP contribution < -0.4 is 0 Å². The number of esters is 1.